The van der Waals surface area contributed by atoms with Crippen molar-refractivity contribution in [1.82, 2.24) is 4.98 Å². The van der Waals surface area contributed by atoms with Crippen LogP contribution in [0.2, 0.25) is 0 Å². The predicted molar refractivity (Wildman–Crippen MR) is 73.1 cm³/mol. The SMILES string of the molecule is CC(=O)c1cnc(N2CCC(C(N)=O)CC2)c(C)c1. The predicted octanol–water partition coefficient (Wildman–Crippen LogP) is 1.29. The fourth-order valence-corrected chi connectivity index (χ4v) is 2.47. The van der Waals surface area contributed by atoms with Crippen molar-refractivity contribution < 1.29 is 9.59 Å². The molecule has 2 heterocycles. The van der Waals surface area contributed by atoms with Gasteiger partial charge in [0.1, 0.15) is 5.82 Å². The van der Waals surface area contributed by atoms with Crippen molar-refractivity contribution in [2.75, 3.05) is 18.0 Å². The number of rotatable bonds is 3. The van der Waals surface area contributed by atoms with E-state index in [0.717, 1.165) is 37.3 Å². The first-order valence-electron chi connectivity index (χ1n) is 6.51. The van der Waals surface area contributed by atoms with Crippen LogP contribution >= 0.6 is 0 Å². The van der Waals surface area contributed by atoms with E-state index < -0.39 is 0 Å². The summed E-state index contributed by atoms with van der Waals surface area (Å²) in [6.45, 7) is 5.05. The molecule has 1 aliphatic rings. The Labute approximate surface area is 112 Å². The van der Waals surface area contributed by atoms with Crippen LogP contribution in [0.15, 0.2) is 12.3 Å². The maximum absolute atomic E-state index is 11.3. The van der Waals surface area contributed by atoms with Crippen molar-refractivity contribution >= 4 is 17.5 Å². The number of piperidine rings is 1. The number of ketones is 1. The van der Waals surface area contributed by atoms with Gasteiger partial charge in [0, 0.05) is 30.8 Å². The summed E-state index contributed by atoms with van der Waals surface area (Å²) in [6.07, 6.45) is 3.15. The second-order valence-corrected chi connectivity index (χ2v) is 5.08. The molecule has 19 heavy (non-hydrogen) atoms. The number of amides is 1. The number of nitrogens with zero attached hydrogens (tertiary/aromatic N) is 2. The smallest absolute Gasteiger partial charge is 0.220 e. The molecule has 1 fully saturated rings. The van der Waals surface area contributed by atoms with E-state index in [1.807, 2.05) is 13.0 Å². The van der Waals surface area contributed by atoms with Gasteiger partial charge in [-0.05, 0) is 38.3 Å². The van der Waals surface area contributed by atoms with Crippen molar-refractivity contribution in [3.8, 4) is 0 Å². The molecule has 5 heteroatoms. The molecule has 0 atom stereocenters. The number of carbonyl (C=O) groups is 2. The minimum atomic E-state index is -0.212. The van der Waals surface area contributed by atoms with Crippen LogP contribution in [0.1, 0.15) is 35.7 Å². The van der Waals surface area contributed by atoms with Gasteiger partial charge >= 0.3 is 0 Å². The van der Waals surface area contributed by atoms with E-state index in [2.05, 4.69) is 9.88 Å². The Bertz CT molecular complexity index is 505. The molecule has 2 rings (SSSR count). The number of hydrogen-bond donors (Lipinski definition) is 1. The van der Waals surface area contributed by atoms with Crippen molar-refractivity contribution in [2.45, 2.75) is 26.7 Å². The highest BCUT2D eigenvalue weighted by atomic mass is 16.1. The molecule has 1 aromatic heterocycles. The minimum absolute atomic E-state index is 0.0203. The third-order valence-corrected chi connectivity index (χ3v) is 3.65. The summed E-state index contributed by atoms with van der Waals surface area (Å²) in [4.78, 5) is 29.0. The minimum Gasteiger partial charge on any atom is -0.369 e. The van der Waals surface area contributed by atoms with Crippen LogP contribution < -0.4 is 10.6 Å². The second-order valence-electron chi connectivity index (χ2n) is 5.08. The third-order valence-electron chi connectivity index (χ3n) is 3.65. The quantitative estimate of drug-likeness (QED) is 0.832. The number of aromatic nitrogens is 1. The van der Waals surface area contributed by atoms with Crippen molar-refractivity contribution in [3.63, 3.8) is 0 Å². The molecule has 102 valence electrons. The number of aryl methyl sites for hydroxylation is 1. The first kappa shape index (κ1) is 13.5. The summed E-state index contributed by atoms with van der Waals surface area (Å²) < 4.78 is 0. The zero-order valence-corrected chi connectivity index (χ0v) is 11.3. The Kier molecular flexibility index (Phi) is 3.83. The molecule has 5 nitrogen and oxygen atoms in total. The average Bonchev–Trinajstić information content (AvgIpc) is 2.38. The van der Waals surface area contributed by atoms with Gasteiger partial charge in [-0.15, -0.1) is 0 Å². The molecule has 1 aromatic rings. The monoisotopic (exact) mass is 261 g/mol. The summed E-state index contributed by atoms with van der Waals surface area (Å²) in [5.41, 5.74) is 6.95. The number of primary amides is 1. The highest BCUT2D eigenvalue weighted by Crippen LogP contribution is 2.24. The lowest BCUT2D eigenvalue weighted by Gasteiger charge is -2.32. The van der Waals surface area contributed by atoms with Crippen molar-refractivity contribution in [2.24, 2.45) is 11.7 Å². The van der Waals surface area contributed by atoms with Gasteiger partial charge in [-0.25, -0.2) is 4.98 Å². The molecular formula is C14H19N3O2. The van der Waals surface area contributed by atoms with Crippen molar-refractivity contribution in [3.05, 3.63) is 23.4 Å². The van der Waals surface area contributed by atoms with Crippen LogP contribution in [0.3, 0.4) is 0 Å². The van der Waals surface area contributed by atoms with Crippen LogP contribution in [0.25, 0.3) is 0 Å². The van der Waals surface area contributed by atoms with Crippen LogP contribution in [-0.4, -0.2) is 29.8 Å². The highest BCUT2D eigenvalue weighted by Gasteiger charge is 2.24. The standard InChI is InChI=1S/C14H19N3O2/c1-9-7-12(10(2)18)8-16-14(9)17-5-3-11(4-6-17)13(15)19/h7-8,11H,3-6H2,1-2H3,(H2,15,19). The Morgan fingerprint density at radius 2 is 2.00 bits per heavy atom. The van der Waals surface area contributed by atoms with Crippen LogP contribution in [-0.2, 0) is 4.79 Å². The van der Waals surface area contributed by atoms with Gasteiger partial charge in [0.2, 0.25) is 5.91 Å². The summed E-state index contributed by atoms with van der Waals surface area (Å²) in [7, 11) is 0. The molecule has 0 unspecified atom stereocenters. The molecule has 0 saturated carbocycles. The first-order chi connectivity index (χ1) is 8.99. The average molecular weight is 261 g/mol. The van der Waals surface area contributed by atoms with E-state index in [4.69, 9.17) is 5.73 Å². The van der Waals surface area contributed by atoms with Crippen LogP contribution in [0, 0.1) is 12.8 Å². The van der Waals surface area contributed by atoms with E-state index in [1.165, 1.54) is 6.92 Å². The zero-order valence-electron chi connectivity index (χ0n) is 11.3. The fraction of sp³-hybridized carbons (Fsp3) is 0.500. The van der Waals surface area contributed by atoms with Gasteiger partial charge in [-0.2, -0.15) is 0 Å². The Morgan fingerprint density at radius 3 is 2.47 bits per heavy atom. The van der Waals surface area contributed by atoms with Crippen LogP contribution in [0.5, 0.6) is 0 Å². The van der Waals surface area contributed by atoms with E-state index >= 15 is 0 Å². The summed E-state index contributed by atoms with van der Waals surface area (Å²) in [5.74, 6) is 0.687. The van der Waals surface area contributed by atoms with Crippen LogP contribution in [0.4, 0.5) is 5.82 Å². The molecule has 1 aliphatic heterocycles. The van der Waals surface area contributed by atoms with Gasteiger partial charge in [0.05, 0.1) is 0 Å². The normalized spacial score (nSPS) is 16.4. The van der Waals surface area contributed by atoms with Gasteiger partial charge in [-0.1, -0.05) is 0 Å². The van der Waals surface area contributed by atoms with Gasteiger partial charge < -0.3 is 10.6 Å². The maximum Gasteiger partial charge on any atom is 0.220 e. The zero-order chi connectivity index (χ0) is 14.0. The molecule has 0 spiro atoms. The number of anilines is 1. The lowest BCUT2D eigenvalue weighted by molar-refractivity contribution is -0.122. The molecular weight excluding hydrogens is 242 g/mol. The van der Waals surface area contributed by atoms with E-state index in [-0.39, 0.29) is 17.6 Å². The van der Waals surface area contributed by atoms with E-state index in [1.54, 1.807) is 6.20 Å². The number of Topliss-reactive ketones (excluding diaryl/α,β-unsaturated/α-hetero) is 1. The molecule has 1 amide bonds. The van der Waals surface area contributed by atoms with Gasteiger partial charge in [-0.3, -0.25) is 9.59 Å². The molecule has 0 bridgehead atoms. The Balaban J connectivity index is 2.11. The molecule has 0 aliphatic carbocycles. The van der Waals surface area contributed by atoms with E-state index in [9.17, 15) is 9.59 Å². The fourth-order valence-electron chi connectivity index (χ4n) is 2.47. The number of pyridine rings is 1. The second kappa shape index (κ2) is 5.38. The summed E-state index contributed by atoms with van der Waals surface area (Å²) in [5, 5.41) is 0. The van der Waals surface area contributed by atoms with Gasteiger partial charge in [0.25, 0.3) is 0 Å². The molecule has 0 radical (unpaired) electrons. The number of carbonyl (C=O) groups excluding carboxylic acids is 2. The van der Waals surface area contributed by atoms with Gasteiger partial charge in [0.15, 0.2) is 5.78 Å². The van der Waals surface area contributed by atoms with Crippen molar-refractivity contribution in [1.29, 1.82) is 0 Å². The largest absolute Gasteiger partial charge is 0.369 e. The summed E-state index contributed by atoms with van der Waals surface area (Å²) in [6, 6.07) is 1.87. The molecule has 0 aromatic carbocycles. The van der Waals surface area contributed by atoms with E-state index in [0.29, 0.717) is 5.56 Å². The molecule has 1 saturated heterocycles. The number of hydrogen-bond acceptors (Lipinski definition) is 4. The summed E-state index contributed by atoms with van der Waals surface area (Å²) >= 11 is 0. The molecule has 2 N–H and O–H groups in total. The number of nitrogens with two attached hydrogens (primary N) is 1. The third kappa shape index (κ3) is 2.92. The lowest BCUT2D eigenvalue weighted by Crippen LogP contribution is -2.39. The first-order valence-corrected chi connectivity index (χ1v) is 6.51. The topological polar surface area (TPSA) is 76.3 Å². The lowest BCUT2D eigenvalue weighted by atomic mass is 9.96. The highest BCUT2D eigenvalue weighted by molar-refractivity contribution is 5.94. The maximum atomic E-state index is 11.3. The Morgan fingerprint density at radius 1 is 1.37 bits per heavy atom. The Hall–Kier alpha value is -1.91.